The van der Waals surface area contributed by atoms with Crippen molar-refractivity contribution in [3.05, 3.63) is 59.2 Å². The summed E-state index contributed by atoms with van der Waals surface area (Å²) in [5.41, 5.74) is 1.51. The number of benzene rings is 2. The molecule has 6 nitrogen and oxygen atoms in total. The van der Waals surface area contributed by atoms with Crippen molar-refractivity contribution >= 4 is 23.2 Å². The van der Waals surface area contributed by atoms with Gasteiger partial charge in [-0.3, -0.25) is 4.79 Å². The minimum absolute atomic E-state index is 0.171. The van der Waals surface area contributed by atoms with Gasteiger partial charge in [0.2, 0.25) is 0 Å². The number of carbonyl (C=O) groups excluding carboxylic acids is 1. The molecule has 0 saturated carbocycles. The highest BCUT2D eigenvalue weighted by atomic mass is 35.5. The van der Waals surface area contributed by atoms with Crippen molar-refractivity contribution < 1.29 is 18.8 Å². The van der Waals surface area contributed by atoms with Gasteiger partial charge < -0.3 is 19.3 Å². The normalized spacial score (nSPS) is 10.5. The molecule has 0 spiro atoms. The third-order valence-corrected chi connectivity index (χ3v) is 4.35. The first kappa shape index (κ1) is 19.8. The Morgan fingerprint density at radius 3 is 2.64 bits per heavy atom. The summed E-state index contributed by atoms with van der Waals surface area (Å²) in [5.74, 6) is 1.44. The van der Waals surface area contributed by atoms with Crippen LogP contribution in [0.3, 0.4) is 0 Å². The summed E-state index contributed by atoms with van der Waals surface area (Å²) in [7, 11) is 1.53. The van der Waals surface area contributed by atoms with Gasteiger partial charge >= 0.3 is 0 Å². The van der Waals surface area contributed by atoms with Gasteiger partial charge in [-0.05, 0) is 48.9 Å². The van der Waals surface area contributed by atoms with Gasteiger partial charge in [0.1, 0.15) is 11.5 Å². The predicted octanol–water partition coefficient (Wildman–Crippen LogP) is 5.43. The third kappa shape index (κ3) is 4.84. The molecule has 146 valence electrons. The minimum atomic E-state index is -0.393. The second-order valence-corrected chi connectivity index (χ2v) is 6.51. The minimum Gasteiger partial charge on any atom is -0.495 e. The zero-order valence-electron chi connectivity index (χ0n) is 15.7. The van der Waals surface area contributed by atoms with Gasteiger partial charge in [0.25, 0.3) is 5.91 Å². The monoisotopic (exact) mass is 400 g/mol. The zero-order chi connectivity index (χ0) is 19.9. The summed E-state index contributed by atoms with van der Waals surface area (Å²) < 4.78 is 16.1. The van der Waals surface area contributed by atoms with E-state index in [4.69, 9.17) is 25.6 Å². The van der Waals surface area contributed by atoms with E-state index in [9.17, 15) is 4.79 Å². The molecule has 1 aromatic heterocycles. The van der Waals surface area contributed by atoms with Gasteiger partial charge in [-0.1, -0.05) is 30.1 Å². The van der Waals surface area contributed by atoms with Crippen LogP contribution in [0.2, 0.25) is 5.02 Å². The number of nitrogens with one attached hydrogen (secondary N) is 1. The van der Waals surface area contributed by atoms with Crippen molar-refractivity contribution in [2.45, 2.75) is 19.8 Å². The molecule has 0 unspecified atom stereocenters. The van der Waals surface area contributed by atoms with Crippen molar-refractivity contribution in [2.75, 3.05) is 19.0 Å². The Balaban J connectivity index is 1.66. The van der Waals surface area contributed by atoms with Crippen LogP contribution in [0.4, 0.5) is 5.69 Å². The molecule has 1 N–H and O–H groups in total. The van der Waals surface area contributed by atoms with Crippen molar-refractivity contribution in [3.63, 3.8) is 0 Å². The van der Waals surface area contributed by atoms with Crippen LogP contribution in [0.5, 0.6) is 11.5 Å². The summed E-state index contributed by atoms with van der Waals surface area (Å²) in [4.78, 5) is 12.4. The summed E-state index contributed by atoms with van der Waals surface area (Å²) in [6.07, 6.45) is 2.10. The molecule has 0 atom stereocenters. The van der Waals surface area contributed by atoms with E-state index in [0.29, 0.717) is 28.8 Å². The maximum atomic E-state index is 12.4. The fraction of sp³-hybridized carbons (Fsp3) is 0.238. The summed E-state index contributed by atoms with van der Waals surface area (Å²) in [6, 6.07) is 14.0. The van der Waals surface area contributed by atoms with Crippen molar-refractivity contribution in [2.24, 2.45) is 0 Å². The first-order valence-corrected chi connectivity index (χ1v) is 9.33. The Hall–Kier alpha value is -2.99. The van der Waals surface area contributed by atoms with Crippen LogP contribution in [-0.2, 0) is 0 Å². The quantitative estimate of drug-likeness (QED) is 0.510. The summed E-state index contributed by atoms with van der Waals surface area (Å²) in [5, 5.41) is 6.99. The molecular formula is C21H21ClN2O4. The molecule has 0 fully saturated rings. The van der Waals surface area contributed by atoms with E-state index in [0.717, 1.165) is 24.2 Å². The maximum Gasteiger partial charge on any atom is 0.277 e. The topological polar surface area (TPSA) is 73.6 Å². The highest BCUT2D eigenvalue weighted by Crippen LogP contribution is 2.28. The van der Waals surface area contributed by atoms with E-state index < -0.39 is 5.91 Å². The number of anilines is 1. The molecule has 28 heavy (non-hydrogen) atoms. The van der Waals surface area contributed by atoms with Gasteiger partial charge in [-0.15, -0.1) is 0 Å². The smallest absolute Gasteiger partial charge is 0.277 e. The second-order valence-electron chi connectivity index (χ2n) is 6.11. The Labute approximate surface area is 168 Å². The molecule has 3 aromatic rings. The molecule has 1 amide bonds. The fourth-order valence-electron chi connectivity index (χ4n) is 2.51. The number of ether oxygens (including phenoxy) is 2. The number of halogens is 1. The number of aromatic nitrogens is 1. The highest BCUT2D eigenvalue weighted by Gasteiger charge is 2.15. The van der Waals surface area contributed by atoms with E-state index in [1.54, 1.807) is 24.3 Å². The van der Waals surface area contributed by atoms with Gasteiger partial charge in [-0.2, -0.15) is 0 Å². The van der Waals surface area contributed by atoms with Gasteiger partial charge in [0.15, 0.2) is 11.5 Å². The zero-order valence-corrected chi connectivity index (χ0v) is 16.5. The van der Waals surface area contributed by atoms with E-state index in [1.165, 1.54) is 7.11 Å². The predicted molar refractivity (Wildman–Crippen MR) is 108 cm³/mol. The molecule has 0 aliphatic carbocycles. The lowest BCUT2D eigenvalue weighted by Crippen LogP contribution is -2.12. The van der Waals surface area contributed by atoms with Gasteiger partial charge in [0.05, 0.1) is 18.7 Å². The van der Waals surface area contributed by atoms with Crippen molar-refractivity contribution in [1.82, 2.24) is 5.16 Å². The Morgan fingerprint density at radius 2 is 1.96 bits per heavy atom. The Morgan fingerprint density at radius 1 is 1.18 bits per heavy atom. The van der Waals surface area contributed by atoms with Crippen LogP contribution in [-0.4, -0.2) is 24.8 Å². The number of unbranched alkanes of at least 4 members (excludes halogenated alkanes) is 1. The Kier molecular flexibility index (Phi) is 6.55. The molecule has 0 bridgehead atoms. The molecule has 3 rings (SSSR count). The number of amides is 1. The molecular weight excluding hydrogens is 380 g/mol. The van der Waals surface area contributed by atoms with E-state index in [-0.39, 0.29) is 5.69 Å². The molecule has 2 aromatic carbocycles. The summed E-state index contributed by atoms with van der Waals surface area (Å²) >= 11 is 6.08. The average Bonchev–Trinajstić information content (AvgIpc) is 3.19. The molecule has 0 aliphatic rings. The Bertz CT molecular complexity index is 938. The number of hydrogen-bond acceptors (Lipinski definition) is 5. The molecule has 0 aliphatic heterocycles. The van der Waals surface area contributed by atoms with Crippen LogP contribution in [0.25, 0.3) is 11.3 Å². The lowest BCUT2D eigenvalue weighted by molar-refractivity contribution is 0.101. The van der Waals surface area contributed by atoms with Gasteiger partial charge in [-0.25, -0.2) is 0 Å². The third-order valence-electron chi connectivity index (χ3n) is 4.06. The molecule has 0 radical (unpaired) electrons. The van der Waals surface area contributed by atoms with Crippen LogP contribution in [0.15, 0.2) is 53.1 Å². The SMILES string of the molecule is CCCCOc1ccc(-c2cc(C(=O)Nc3ccc(OC)c(Cl)c3)no2)cc1. The van der Waals surface area contributed by atoms with Crippen LogP contribution < -0.4 is 14.8 Å². The summed E-state index contributed by atoms with van der Waals surface area (Å²) in [6.45, 7) is 2.81. The van der Waals surface area contributed by atoms with Crippen LogP contribution in [0, 0.1) is 0 Å². The first-order valence-electron chi connectivity index (χ1n) is 8.95. The van der Waals surface area contributed by atoms with Crippen molar-refractivity contribution in [1.29, 1.82) is 0 Å². The lowest BCUT2D eigenvalue weighted by Gasteiger charge is -2.06. The van der Waals surface area contributed by atoms with Crippen molar-refractivity contribution in [3.8, 4) is 22.8 Å². The number of methoxy groups -OCH3 is 1. The van der Waals surface area contributed by atoms with E-state index >= 15 is 0 Å². The first-order chi connectivity index (χ1) is 13.6. The second kappa shape index (κ2) is 9.28. The number of hydrogen-bond donors (Lipinski definition) is 1. The van der Waals surface area contributed by atoms with E-state index in [1.807, 2.05) is 24.3 Å². The van der Waals surface area contributed by atoms with Gasteiger partial charge in [0, 0.05) is 17.3 Å². The fourth-order valence-corrected chi connectivity index (χ4v) is 2.77. The largest absolute Gasteiger partial charge is 0.495 e. The van der Waals surface area contributed by atoms with Crippen LogP contribution >= 0.6 is 11.6 Å². The molecule has 7 heteroatoms. The molecule has 1 heterocycles. The maximum absolute atomic E-state index is 12.4. The number of rotatable bonds is 8. The van der Waals surface area contributed by atoms with Crippen LogP contribution in [0.1, 0.15) is 30.3 Å². The average molecular weight is 401 g/mol. The number of carbonyl (C=O) groups is 1. The molecule has 0 saturated heterocycles. The number of nitrogens with zero attached hydrogens (tertiary/aromatic N) is 1. The van der Waals surface area contributed by atoms with E-state index in [2.05, 4.69) is 17.4 Å². The standard InChI is InChI=1S/C21H21ClN2O4/c1-3-4-11-27-16-8-5-14(6-9-16)20-13-18(24-28-20)21(25)23-15-7-10-19(26-2)17(22)12-15/h5-10,12-13H,3-4,11H2,1-2H3,(H,23,25). The highest BCUT2D eigenvalue weighted by molar-refractivity contribution is 6.32. The lowest BCUT2D eigenvalue weighted by atomic mass is 10.1.